The Balaban J connectivity index is 1.43. The fourth-order valence-corrected chi connectivity index (χ4v) is 5.65. The number of nitrogens with zero attached hydrogens (tertiary/aromatic N) is 1. The Morgan fingerprint density at radius 2 is 1.77 bits per heavy atom. The van der Waals surface area contributed by atoms with Crippen LogP contribution in [-0.4, -0.2) is 84.4 Å². The maximum atomic E-state index is 13.3. The summed E-state index contributed by atoms with van der Waals surface area (Å²) in [5.41, 5.74) is 10.3. The van der Waals surface area contributed by atoms with Gasteiger partial charge in [-0.15, -0.1) is 0 Å². The van der Waals surface area contributed by atoms with E-state index in [2.05, 4.69) is 10.3 Å². The molecule has 0 aliphatic carbocycles. The number of aliphatic hydroxyl groups excluding tert-OH is 2. The topological polar surface area (TPSA) is 284 Å². The van der Waals surface area contributed by atoms with Gasteiger partial charge in [-0.25, -0.2) is 4.79 Å². The average Bonchev–Trinajstić information content (AvgIpc) is 3.05. The number of carboxylic acid groups (broad SMARTS) is 1. The first-order chi connectivity index (χ1) is 22.8. The Kier molecular flexibility index (Phi) is 8.09. The van der Waals surface area contributed by atoms with Crippen molar-refractivity contribution in [2.75, 3.05) is 6.54 Å². The number of aliphatic hydroxyl groups is 3. The third-order valence-electron chi connectivity index (χ3n) is 8.17. The van der Waals surface area contributed by atoms with Crippen molar-refractivity contribution < 1.29 is 54.4 Å². The van der Waals surface area contributed by atoms with Gasteiger partial charge in [0.25, 0.3) is 0 Å². The molecule has 250 valence electrons. The molecule has 0 spiro atoms. The molecular weight excluding hydrogens is 632 g/mol. The zero-order chi connectivity index (χ0) is 34.5. The van der Waals surface area contributed by atoms with E-state index in [0.29, 0.717) is 23.4 Å². The molecule has 3 heterocycles. The van der Waals surface area contributed by atoms with Gasteiger partial charge < -0.3 is 66.4 Å². The largest absolute Gasteiger partial charge is 0.508 e. The number of nitrogens with two attached hydrogens (primary N) is 2. The van der Waals surface area contributed by atoms with E-state index in [0.717, 1.165) is 23.3 Å². The molecule has 5 unspecified atom stereocenters. The summed E-state index contributed by atoms with van der Waals surface area (Å²) in [6.45, 7) is -0.383. The fourth-order valence-electron chi connectivity index (χ4n) is 5.65. The van der Waals surface area contributed by atoms with E-state index in [1.54, 1.807) is 0 Å². The first-order valence-electron chi connectivity index (χ1n) is 14.4. The number of hydrogen-bond donors (Lipinski definition) is 10. The van der Waals surface area contributed by atoms with Gasteiger partial charge in [0, 0.05) is 35.5 Å². The predicted molar refractivity (Wildman–Crippen MR) is 169 cm³/mol. The molecule has 1 saturated heterocycles. The summed E-state index contributed by atoms with van der Waals surface area (Å²) in [5.74, 6) is -5.00. The molecule has 1 fully saturated rings. The van der Waals surface area contributed by atoms with Gasteiger partial charge in [0.05, 0.1) is 6.54 Å². The van der Waals surface area contributed by atoms with E-state index in [4.69, 9.17) is 25.4 Å². The van der Waals surface area contributed by atoms with Crippen LogP contribution >= 0.6 is 0 Å². The van der Waals surface area contributed by atoms with Crippen molar-refractivity contribution in [3.63, 3.8) is 0 Å². The number of ether oxygens (including phenoxy) is 2. The summed E-state index contributed by atoms with van der Waals surface area (Å²) in [6, 6.07) is 14.2. The lowest BCUT2D eigenvalue weighted by Crippen LogP contribution is -2.70. The molecule has 0 radical (unpaired) electrons. The lowest BCUT2D eigenvalue weighted by molar-refractivity contribution is -0.303. The van der Waals surface area contributed by atoms with E-state index in [1.165, 1.54) is 18.2 Å². The third kappa shape index (κ3) is 5.58. The number of carboxylic acids is 1. The van der Waals surface area contributed by atoms with Crippen LogP contribution in [0.1, 0.15) is 16.7 Å². The fraction of sp³-hybridized carbons (Fsp3) is 0.219. The maximum Gasteiger partial charge on any atom is 0.335 e. The van der Waals surface area contributed by atoms with Gasteiger partial charge in [-0.2, -0.15) is 0 Å². The van der Waals surface area contributed by atoms with Crippen molar-refractivity contribution in [1.29, 1.82) is 0 Å². The normalized spacial score (nSPS) is 23.4. The molecule has 5 atom stereocenters. The number of phenols is 3. The number of aromatic hydroxyl groups is 3. The zero-order valence-corrected chi connectivity index (χ0v) is 24.8. The van der Waals surface area contributed by atoms with Gasteiger partial charge in [-0.05, 0) is 35.4 Å². The highest BCUT2D eigenvalue weighted by Gasteiger charge is 2.58. The van der Waals surface area contributed by atoms with Gasteiger partial charge >= 0.3 is 5.97 Å². The minimum absolute atomic E-state index is 0.00489. The highest BCUT2D eigenvalue weighted by atomic mass is 16.7. The Labute approximate surface area is 270 Å². The molecule has 0 amide bonds. The SMILES string of the molecule is NC(N)=NCC1(O)C(O)C(Oc2cc3oc(-c4ccc(O)cc4C4=Cc5ccccc5CN4)cc(=O)c3c(O)c2O)OC(C(=O)O)C1O. The second kappa shape index (κ2) is 12.1. The molecule has 16 nitrogen and oxygen atoms in total. The monoisotopic (exact) mass is 662 g/mol. The standard InChI is InChI=1S/C32H30N4O12/c33-31(34)36-12-32(45)27(41)26(29(43)44)48-30(28(32)42)47-22-10-21-23(25(40)24(22)39)19(38)9-20(46-21)16-6-5-15(37)8-17(16)18-7-13-3-1-2-4-14(13)11-35-18/h1-10,26-28,30,35,37,39-42,45H,11-12H2,(H,43,44)(H4,33,34,36). The van der Waals surface area contributed by atoms with E-state index >= 15 is 0 Å². The molecule has 16 heteroatoms. The molecule has 6 rings (SSSR count). The van der Waals surface area contributed by atoms with Crippen molar-refractivity contribution in [3.05, 3.63) is 81.5 Å². The lowest BCUT2D eigenvalue weighted by atomic mass is 9.84. The van der Waals surface area contributed by atoms with E-state index in [1.807, 2.05) is 30.3 Å². The number of carbonyl (C=O) groups is 1. The number of rotatable bonds is 7. The number of phenolic OH excluding ortho intramolecular Hbond substituents is 3. The van der Waals surface area contributed by atoms with Crippen LogP contribution in [0, 0.1) is 0 Å². The van der Waals surface area contributed by atoms with Crippen molar-refractivity contribution in [3.8, 4) is 34.3 Å². The van der Waals surface area contributed by atoms with Crippen molar-refractivity contribution in [2.45, 2.75) is 36.7 Å². The van der Waals surface area contributed by atoms with E-state index < -0.39 is 76.7 Å². The first kappa shape index (κ1) is 32.1. The Hall–Kier alpha value is -5.81. The smallest absolute Gasteiger partial charge is 0.335 e. The van der Waals surface area contributed by atoms with Crippen molar-refractivity contribution in [1.82, 2.24) is 5.32 Å². The highest BCUT2D eigenvalue weighted by Crippen LogP contribution is 2.44. The van der Waals surface area contributed by atoms with Crippen molar-refractivity contribution >= 4 is 34.7 Å². The highest BCUT2D eigenvalue weighted by molar-refractivity contribution is 5.92. The summed E-state index contributed by atoms with van der Waals surface area (Å²) in [7, 11) is 0. The Morgan fingerprint density at radius 3 is 2.50 bits per heavy atom. The van der Waals surface area contributed by atoms with Gasteiger partial charge in [-0.1, -0.05) is 24.3 Å². The number of aliphatic imine (C=N–C) groups is 1. The second-order valence-corrected chi connectivity index (χ2v) is 11.3. The minimum Gasteiger partial charge on any atom is -0.508 e. The number of guanidine groups is 1. The molecule has 3 aromatic carbocycles. The number of fused-ring (bicyclic) bond motifs is 2. The molecule has 2 aliphatic heterocycles. The zero-order valence-electron chi connectivity index (χ0n) is 24.8. The van der Waals surface area contributed by atoms with E-state index in [-0.39, 0.29) is 17.1 Å². The number of nitrogens with one attached hydrogen (secondary N) is 1. The lowest BCUT2D eigenvalue weighted by Gasteiger charge is -2.45. The summed E-state index contributed by atoms with van der Waals surface area (Å²) < 4.78 is 16.8. The predicted octanol–water partition coefficient (Wildman–Crippen LogP) is 0.0927. The Morgan fingerprint density at radius 1 is 1.02 bits per heavy atom. The van der Waals surface area contributed by atoms with E-state index in [9.17, 15) is 45.3 Å². The van der Waals surface area contributed by atoms with Crippen molar-refractivity contribution in [2.24, 2.45) is 16.5 Å². The second-order valence-electron chi connectivity index (χ2n) is 11.3. The van der Waals surface area contributed by atoms with Gasteiger partial charge in [0.1, 0.15) is 40.3 Å². The number of benzene rings is 3. The average molecular weight is 663 g/mol. The summed E-state index contributed by atoms with van der Waals surface area (Å²) in [6.07, 6.45) is -6.85. The third-order valence-corrected chi connectivity index (χ3v) is 8.17. The minimum atomic E-state index is -2.72. The molecule has 2 aliphatic rings. The van der Waals surface area contributed by atoms with Crippen LogP contribution in [0.3, 0.4) is 0 Å². The van der Waals surface area contributed by atoms with Gasteiger partial charge in [0.2, 0.25) is 12.0 Å². The molecule has 1 aromatic heterocycles. The number of aliphatic carboxylic acids is 1. The van der Waals surface area contributed by atoms with Gasteiger partial charge in [-0.3, -0.25) is 9.79 Å². The Bertz CT molecular complexity index is 2060. The summed E-state index contributed by atoms with van der Waals surface area (Å²) >= 11 is 0. The summed E-state index contributed by atoms with van der Waals surface area (Å²) in [4.78, 5) is 28.7. The first-order valence-corrected chi connectivity index (χ1v) is 14.4. The van der Waals surface area contributed by atoms with Crippen LogP contribution in [0.2, 0.25) is 0 Å². The van der Waals surface area contributed by atoms with Crippen LogP contribution < -0.4 is 26.9 Å². The maximum absolute atomic E-state index is 13.3. The molecule has 0 saturated carbocycles. The molecule has 4 aromatic rings. The van der Waals surface area contributed by atoms with Crippen LogP contribution in [0.5, 0.6) is 23.0 Å². The van der Waals surface area contributed by atoms with Crippen LogP contribution in [-0.2, 0) is 16.1 Å². The molecule has 12 N–H and O–H groups in total. The quantitative estimate of drug-likeness (QED) is 0.0713. The molecule has 48 heavy (non-hydrogen) atoms. The van der Waals surface area contributed by atoms with Crippen LogP contribution in [0.15, 0.2) is 68.8 Å². The van der Waals surface area contributed by atoms with Crippen LogP contribution in [0.25, 0.3) is 34.1 Å². The molecule has 0 bridgehead atoms. The molecular formula is C32H30N4O12. The summed E-state index contributed by atoms with van der Waals surface area (Å²) in [5, 5.41) is 76.9. The van der Waals surface area contributed by atoms with Gasteiger partial charge in [0.15, 0.2) is 29.0 Å². The van der Waals surface area contributed by atoms with Crippen LogP contribution in [0.4, 0.5) is 0 Å². The number of hydrogen-bond acceptors (Lipinski definition) is 13.